The van der Waals surface area contributed by atoms with Gasteiger partial charge in [0.1, 0.15) is 0 Å². The van der Waals surface area contributed by atoms with E-state index in [-0.39, 0.29) is 0 Å². The molecule has 3 rings (SSSR count). The number of rotatable bonds is 2. The molecule has 15 heavy (non-hydrogen) atoms. The summed E-state index contributed by atoms with van der Waals surface area (Å²) in [4.78, 5) is 4.34. The second-order valence-corrected chi connectivity index (χ2v) is 3.71. The molecule has 2 aromatic heterocycles. The third kappa shape index (κ3) is 1.42. The summed E-state index contributed by atoms with van der Waals surface area (Å²) in [6, 6.07) is 0. The Morgan fingerprint density at radius 2 is 2.40 bits per heavy atom. The van der Waals surface area contributed by atoms with Crippen LogP contribution in [0, 0.1) is 0 Å². The van der Waals surface area contributed by atoms with E-state index in [1.807, 2.05) is 13.2 Å². The van der Waals surface area contributed by atoms with Gasteiger partial charge in [-0.05, 0) is 0 Å². The average molecular weight is 205 g/mol. The predicted molar refractivity (Wildman–Crippen MR) is 52.1 cm³/mol. The predicted octanol–water partition coefficient (Wildman–Crippen LogP) is 0.157. The lowest BCUT2D eigenvalue weighted by atomic mass is 10.0. The first kappa shape index (κ1) is 8.60. The normalized spacial score (nSPS) is 16.6. The monoisotopic (exact) mass is 205 g/mol. The van der Waals surface area contributed by atoms with Gasteiger partial charge in [0, 0.05) is 26.3 Å². The molecule has 0 radical (unpaired) electrons. The average Bonchev–Trinajstić information content (AvgIpc) is 2.70. The van der Waals surface area contributed by atoms with Crippen LogP contribution in [-0.4, -0.2) is 33.0 Å². The number of hydrogen-bond acceptors (Lipinski definition) is 5. The van der Waals surface area contributed by atoms with E-state index < -0.39 is 0 Å². The fourth-order valence-electron chi connectivity index (χ4n) is 1.52. The third-order valence-electron chi connectivity index (χ3n) is 2.54. The van der Waals surface area contributed by atoms with Crippen molar-refractivity contribution >= 4 is 0 Å². The highest BCUT2D eigenvalue weighted by Crippen LogP contribution is 2.21. The Morgan fingerprint density at radius 3 is 3.00 bits per heavy atom. The van der Waals surface area contributed by atoms with E-state index in [9.17, 15) is 0 Å². The minimum absolute atomic E-state index is 0.378. The van der Waals surface area contributed by atoms with Gasteiger partial charge >= 0.3 is 0 Å². The lowest BCUT2D eigenvalue weighted by Gasteiger charge is -2.22. The summed E-state index contributed by atoms with van der Waals surface area (Å²) in [7, 11) is 1.86. The highest BCUT2D eigenvalue weighted by Gasteiger charge is 2.25. The minimum Gasteiger partial charge on any atom is -0.339 e. The van der Waals surface area contributed by atoms with Gasteiger partial charge in [-0.1, -0.05) is 5.16 Å². The van der Waals surface area contributed by atoms with Gasteiger partial charge in [0.15, 0.2) is 0 Å². The Bertz CT molecular complexity index is 470. The third-order valence-corrected chi connectivity index (χ3v) is 2.54. The molecular formula is C9H11N5O. The van der Waals surface area contributed by atoms with Gasteiger partial charge < -0.3 is 9.84 Å². The van der Waals surface area contributed by atoms with Crippen LogP contribution in [0.5, 0.6) is 0 Å². The first-order chi connectivity index (χ1) is 7.33. The quantitative estimate of drug-likeness (QED) is 0.756. The zero-order valence-electron chi connectivity index (χ0n) is 8.34. The SMILES string of the molecule is Cn1cc(-c2noc(C3CNC3)n2)cn1. The second kappa shape index (κ2) is 3.16. The molecule has 0 unspecified atom stereocenters. The lowest BCUT2D eigenvalue weighted by Crippen LogP contribution is -2.40. The molecule has 0 bridgehead atoms. The van der Waals surface area contributed by atoms with Crippen LogP contribution < -0.4 is 5.32 Å². The molecule has 6 nitrogen and oxygen atoms in total. The Hall–Kier alpha value is -1.69. The van der Waals surface area contributed by atoms with Crippen LogP contribution >= 0.6 is 0 Å². The molecule has 0 amide bonds. The second-order valence-electron chi connectivity index (χ2n) is 3.71. The molecule has 1 fully saturated rings. The molecule has 0 aromatic carbocycles. The number of nitrogens with zero attached hydrogens (tertiary/aromatic N) is 4. The Morgan fingerprint density at radius 1 is 1.53 bits per heavy atom. The van der Waals surface area contributed by atoms with Crippen molar-refractivity contribution in [1.82, 2.24) is 25.2 Å². The van der Waals surface area contributed by atoms with Gasteiger partial charge in [0.05, 0.1) is 17.7 Å². The first-order valence-electron chi connectivity index (χ1n) is 4.86. The van der Waals surface area contributed by atoms with Crippen molar-refractivity contribution in [2.45, 2.75) is 5.92 Å². The number of hydrogen-bond donors (Lipinski definition) is 1. The maximum absolute atomic E-state index is 5.19. The van der Waals surface area contributed by atoms with E-state index >= 15 is 0 Å². The molecule has 1 saturated heterocycles. The summed E-state index contributed by atoms with van der Waals surface area (Å²) in [6.45, 7) is 1.85. The lowest BCUT2D eigenvalue weighted by molar-refractivity contribution is 0.308. The maximum atomic E-state index is 5.19. The van der Waals surface area contributed by atoms with E-state index in [0.717, 1.165) is 18.7 Å². The maximum Gasteiger partial charge on any atom is 0.232 e. The van der Waals surface area contributed by atoms with Gasteiger partial charge in [-0.15, -0.1) is 0 Å². The minimum atomic E-state index is 0.378. The van der Waals surface area contributed by atoms with Crippen molar-refractivity contribution in [3.05, 3.63) is 18.3 Å². The van der Waals surface area contributed by atoms with E-state index in [0.29, 0.717) is 17.6 Å². The van der Waals surface area contributed by atoms with Crippen LogP contribution in [-0.2, 0) is 7.05 Å². The highest BCUT2D eigenvalue weighted by atomic mass is 16.5. The molecule has 0 saturated carbocycles. The number of aryl methyl sites for hydroxylation is 1. The highest BCUT2D eigenvalue weighted by molar-refractivity contribution is 5.51. The Balaban J connectivity index is 1.89. The van der Waals surface area contributed by atoms with Gasteiger partial charge in [0.2, 0.25) is 11.7 Å². The summed E-state index contributed by atoms with van der Waals surface area (Å²) < 4.78 is 6.91. The van der Waals surface area contributed by atoms with Crippen LogP contribution in [0.1, 0.15) is 11.8 Å². The van der Waals surface area contributed by atoms with E-state index in [2.05, 4.69) is 20.6 Å². The molecule has 1 aliphatic rings. The molecule has 6 heteroatoms. The van der Waals surface area contributed by atoms with E-state index in [1.54, 1.807) is 10.9 Å². The van der Waals surface area contributed by atoms with Crippen LogP contribution in [0.3, 0.4) is 0 Å². The van der Waals surface area contributed by atoms with Gasteiger partial charge in [-0.2, -0.15) is 10.1 Å². The molecule has 0 aliphatic carbocycles. The zero-order valence-corrected chi connectivity index (χ0v) is 8.34. The van der Waals surface area contributed by atoms with E-state index in [1.165, 1.54) is 0 Å². The van der Waals surface area contributed by atoms with Crippen LogP contribution in [0.4, 0.5) is 0 Å². The summed E-state index contributed by atoms with van der Waals surface area (Å²) in [5, 5.41) is 11.2. The van der Waals surface area contributed by atoms with Crippen molar-refractivity contribution in [3.8, 4) is 11.4 Å². The van der Waals surface area contributed by atoms with E-state index in [4.69, 9.17) is 4.52 Å². The Labute approximate surface area is 86.3 Å². The Kier molecular flexibility index (Phi) is 1.81. The van der Waals surface area contributed by atoms with Crippen molar-refractivity contribution in [2.75, 3.05) is 13.1 Å². The first-order valence-corrected chi connectivity index (χ1v) is 4.86. The zero-order chi connectivity index (χ0) is 10.3. The van der Waals surface area contributed by atoms with Gasteiger partial charge in [0.25, 0.3) is 0 Å². The number of aromatic nitrogens is 4. The van der Waals surface area contributed by atoms with Crippen LogP contribution in [0.15, 0.2) is 16.9 Å². The largest absolute Gasteiger partial charge is 0.339 e. The van der Waals surface area contributed by atoms with Gasteiger partial charge in [-0.25, -0.2) is 0 Å². The summed E-state index contributed by atoms with van der Waals surface area (Å²) in [5.41, 5.74) is 0.889. The summed E-state index contributed by atoms with van der Waals surface area (Å²) in [6.07, 6.45) is 3.60. The fourth-order valence-corrected chi connectivity index (χ4v) is 1.52. The molecule has 0 spiro atoms. The molecular weight excluding hydrogens is 194 g/mol. The summed E-state index contributed by atoms with van der Waals surface area (Å²) in [5.74, 6) is 1.71. The molecule has 78 valence electrons. The topological polar surface area (TPSA) is 68.8 Å². The number of nitrogens with one attached hydrogen (secondary N) is 1. The molecule has 1 aliphatic heterocycles. The summed E-state index contributed by atoms with van der Waals surface area (Å²) >= 11 is 0. The standard InChI is InChI=1S/C9H11N5O/c1-14-5-7(4-11-14)8-12-9(15-13-8)6-2-10-3-6/h4-6,10H,2-3H2,1H3. The van der Waals surface area contributed by atoms with Crippen molar-refractivity contribution in [1.29, 1.82) is 0 Å². The smallest absolute Gasteiger partial charge is 0.232 e. The molecule has 0 atom stereocenters. The van der Waals surface area contributed by atoms with Crippen LogP contribution in [0.25, 0.3) is 11.4 Å². The fraction of sp³-hybridized carbons (Fsp3) is 0.444. The molecule has 2 aromatic rings. The van der Waals surface area contributed by atoms with Crippen molar-refractivity contribution in [3.63, 3.8) is 0 Å². The molecule has 1 N–H and O–H groups in total. The van der Waals surface area contributed by atoms with Gasteiger partial charge in [-0.3, -0.25) is 4.68 Å². The van der Waals surface area contributed by atoms with Crippen molar-refractivity contribution in [2.24, 2.45) is 7.05 Å². The molecule has 3 heterocycles. The van der Waals surface area contributed by atoms with Crippen molar-refractivity contribution < 1.29 is 4.52 Å². The van der Waals surface area contributed by atoms with Crippen LogP contribution in [0.2, 0.25) is 0 Å².